The molecule has 1 rings (SSSR count). The third kappa shape index (κ3) is 3.75. The third-order valence-electron chi connectivity index (χ3n) is 2.05. The molecular weight excluding hydrogens is 172 g/mol. The Morgan fingerprint density at radius 3 is 2.71 bits per heavy atom. The summed E-state index contributed by atoms with van der Waals surface area (Å²) in [4.78, 5) is 0. The highest BCUT2D eigenvalue weighted by atomic mass is 16.3. The van der Waals surface area contributed by atoms with Crippen molar-refractivity contribution in [2.75, 3.05) is 0 Å². The average molecular weight is 190 g/mol. The lowest BCUT2D eigenvalue weighted by atomic mass is 10.0. The summed E-state index contributed by atoms with van der Waals surface area (Å²) in [5, 5.41) is 9.69. The number of benzene rings is 1. The van der Waals surface area contributed by atoms with Gasteiger partial charge in [0.05, 0.1) is 6.10 Å². The monoisotopic (exact) mass is 190 g/mol. The van der Waals surface area contributed by atoms with Crippen LogP contribution in [0, 0.1) is 6.92 Å². The Morgan fingerprint density at radius 2 is 2.14 bits per heavy atom. The van der Waals surface area contributed by atoms with Gasteiger partial charge in [-0.3, -0.25) is 0 Å². The maximum absolute atomic E-state index is 9.69. The summed E-state index contributed by atoms with van der Waals surface area (Å²) in [6.07, 6.45) is 2.23. The van der Waals surface area contributed by atoms with Gasteiger partial charge in [0.25, 0.3) is 0 Å². The molecule has 0 heterocycles. The van der Waals surface area contributed by atoms with Crippen molar-refractivity contribution >= 4 is 0 Å². The van der Waals surface area contributed by atoms with E-state index >= 15 is 0 Å². The molecule has 14 heavy (non-hydrogen) atoms. The molecule has 0 bridgehead atoms. The van der Waals surface area contributed by atoms with Crippen molar-refractivity contribution in [3.63, 3.8) is 0 Å². The van der Waals surface area contributed by atoms with Crippen LogP contribution >= 0.6 is 0 Å². The molecule has 0 saturated carbocycles. The highest BCUT2D eigenvalue weighted by Crippen LogP contribution is 2.08. The van der Waals surface area contributed by atoms with E-state index < -0.39 is 0 Å². The smallest absolute Gasteiger partial charge is 0.0763 e. The van der Waals surface area contributed by atoms with Gasteiger partial charge < -0.3 is 5.11 Å². The van der Waals surface area contributed by atoms with Crippen LogP contribution in [0.2, 0.25) is 0 Å². The van der Waals surface area contributed by atoms with Gasteiger partial charge in [-0.15, -0.1) is 0 Å². The Hall–Kier alpha value is -1.08. The molecule has 0 aliphatic carbocycles. The molecule has 0 fully saturated rings. The predicted molar refractivity (Wildman–Crippen MR) is 60.3 cm³/mol. The first-order valence-corrected chi connectivity index (χ1v) is 4.96. The highest BCUT2D eigenvalue weighted by molar-refractivity contribution is 5.23. The van der Waals surface area contributed by atoms with E-state index in [0.717, 1.165) is 5.57 Å². The molecule has 1 nitrogen and oxygen atoms in total. The van der Waals surface area contributed by atoms with Gasteiger partial charge in [-0.2, -0.15) is 0 Å². The predicted octanol–water partition coefficient (Wildman–Crippen LogP) is 2.86. The van der Waals surface area contributed by atoms with Gasteiger partial charge in [-0.1, -0.05) is 41.5 Å². The van der Waals surface area contributed by atoms with Crippen molar-refractivity contribution in [1.82, 2.24) is 0 Å². The second-order valence-electron chi connectivity index (χ2n) is 4.00. The Bertz CT molecular complexity index is 322. The summed E-state index contributed by atoms with van der Waals surface area (Å²) in [5.41, 5.74) is 3.59. The van der Waals surface area contributed by atoms with Crippen LogP contribution in [0.15, 0.2) is 35.9 Å². The summed E-state index contributed by atoms with van der Waals surface area (Å²) in [7, 11) is 0. The van der Waals surface area contributed by atoms with Gasteiger partial charge in [-0.25, -0.2) is 0 Å². The summed E-state index contributed by atoms with van der Waals surface area (Å²) < 4.78 is 0. The fourth-order valence-electron chi connectivity index (χ4n) is 1.52. The standard InChI is InChI=1S/C13H18O/c1-10(2)7-13(14)9-12-6-4-5-11(3)8-12/h4-8,13-14H,9H2,1-3H3. The number of rotatable bonds is 3. The lowest BCUT2D eigenvalue weighted by Gasteiger charge is -2.07. The van der Waals surface area contributed by atoms with Gasteiger partial charge in [0, 0.05) is 6.42 Å². The molecule has 1 unspecified atom stereocenters. The minimum atomic E-state index is -0.359. The molecule has 1 atom stereocenters. The molecule has 1 aromatic rings. The second kappa shape index (κ2) is 4.97. The van der Waals surface area contributed by atoms with E-state index in [1.807, 2.05) is 26.0 Å². The van der Waals surface area contributed by atoms with Gasteiger partial charge in [0.15, 0.2) is 0 Å². The first-order chi connectivity index (χ1) is 6.58. The number of aliphatic hydroxyl groups excluding tert-OH is 1. The molecule has 0 aliphatic heterocycles. The molecule has 0 saturated heterocycles. The van der Waals surface area contributed by atoms with E-state index in [4.69, 9.17) is 0 Å². The van der Waals surface area contributed by atoms with Crippen molar-refractivity contribution < 1.29 is 5.11 Å². The van der Waals surface area contributed by atoms with Crippen LogP contribution in [0.5, 0.6) is 0 Å². The van der Waals surface area contributed by atoms with E-state index in [-0.39, 0.29) is 6.10 Å². The zero-order valence-electron chi connectivity index (χ0n) is 9.12. The Morgan fingerprint density at radius 1 is 1.43 bits per heavy atom. The molecule has 76 valence electrons. The molecule has 1 aromatic carbocycles. The molecule has 1 heteroatoms. The van der Waals surface area contributed by atoms with Crippen LogP contribution in [0.25, 0.3) is 0 Å². The molecule has 1 N–H and O–H groups in total. The Labute approximate surface area is 86.1 Å². The summed E-state index contributed by atoms with van der Waals surface area (Å²) in [6, 6.07) is 8.26. The second-order valence-corrected chi connectivity index (χ2v) is 4.00. The van der Waals surface area contributed by atoms with Crippen LogP contribution in [0.3, 0.4) is 0 Å². The van der Waals surface area contributed by atoms with Crippen LogP contribution in [0.4, 0.5) is 0 Å². The molecule has 0 aromatic heterocycles. The van der Waals surface area contributed by atoms with E-state index in [2.05, 4.69) is 25.1 Å². The SMILES string of the molecule is CC(C)=CC(O)Cc1cccc(C)c1. The van der Waals surface area contributed by atoms with Crippen molar-refractivity contribution in [3.8, 4) is 0 Å². The molecule has 0 radical (unpaired) electrons. The van der Waals surface area contributed by atoms with Gasteiger partial charge in [0.1, 0.15) is 0 Å². The summed E-state index contributed by atoms with van der Waals surface area (Å²) in [5.74, 6) is 0. The quantitative estimate of drug-likeness (QED) is 0.727. The largest absolute Gasteiger partial charge is 0.389 e. The maximum Gasteiger partial charge on any atom is 0.0763 e. The van der Waals surface area contributed by atoms with Gasteiger partial charge in [0.2, 0.25) is 0 Å². The molecule has 0 spiro atoms. The Kier molecular flexibility index (Phi) is 3.90. The van der Waals surface area contributed by atoms with Crippen molar-refractivity contribution in [3.05, 3.63) is 47.0 Å². The van der Waals surface area contributed by atoms with Gasteiger partial charge >= 0.3 is 0 Å². The lowest BCUT2D eigenvalue weighted by molar-refractivity contribution is 0.223. The number of allylic oxidation sites excluding steroid dienone is 1. The maximum atomic E-state index is 9.69. The molecule has 0 amide bonds. The van der Waals surface area contributed by atoms with Crippen molar-refractivity contribution in [2.24, 2.45) is 0 Å². The minimum Gasteiger partial charge on any atom is -0.389 e. The zero-order valence-corrected chi connectivity index (χ0v) is 9.12. The fraction of sp³-hybridized carbons (Fsp3) is 0.385. The fourth-order valence-corrected chi connectivity index (χ4v) is 1.52. The average Bonchev–Trinajstić information content (AvgIpc) is 2.01. The minimum absolute atomic E-state index is 0.359. The molecular formula is C13H18O. The third-order valence-corrected chi connectivity index (χ3v) is 2.05. The topological polar surface area (TPSA) is 20.2 Å². The van der Waals surface area contributed by atoms with Crippen LogP contribution in [-0.2, 0) is 6.42 Å². The van der Waals surface area contributed by atoms with E-state index in [1.54, 1.807) is 0 Å². The van der Waals surface area contributed by atoms with E-state index in [1.165, 1.54) is 11.1 Å². The van der Waals surface area contributed by atoms with Crippen LogP contribution in [-0.4, -0.2) is 11.2 Å². The number of hydrogen-bond donors (Lipinski definition) is 1. The summed E-state index contributed by atoms with van der Waals surface area (Å²) in [6.45, 7) is 6.07. The lowest BCUT2D eigenvalue weighted by Crippen LogP contribution is -2.07. The van der Waals surface area contributed by atoms with Crippen molar-refractivity contribution in [1.29, 1.82) is 0 Å². The normalized spacial score (nSPS) is 12.3. The number of hydrogen-bond acceptors (Lipinski definition) is 1. The summed E-state index contributed by atoms with van der Waals surface area (Å²) >= 11 is 0. The number of aryl methyl sites for hydroxylation is 1. The van der Waals surface area contributed by atoms with E-state index in [0.29, 0.717) is 6.42 Å². The first-order valence-electron chi connectivity index (χ1n) is 4.96. The van der Waals surface area contributed by atoms with Crippen LogP contribution < -0.4 is 0 Å². The zero-order chi connectivity index (χ0) is 10.6. The highest BCUT2D eigenvalue weighted by Gasteiger charge is 2.01. The van der Waals surface area contributed by atoms with Crippen molar-refractivity contribution in [2.45, 2.75) is 33.3 Å². The number of aliphatic hydroxyl groups is 1. The first kappa shape index (κ1) is 11.0. The van der Waals surface area contributed by atoms with Gasteiger partial charge in [-0.05, 0) is 26.3 Å². The van der Waals surface area contributed by atoms with Crippen LogP contribution in [0.1, 0.15) is 25.0 Å². The Balaban J connectivity index is 2.65. The van der Waals surface area contributed by atoms with E-state index in [9.17, 15) is 5.11 Å². The molecule has 0 aliphatic rings.